The average Bonchev–Trinajstić information content (AvgIpc) is 2.30. The minimum absolute atomic E-state index is 0.648. The Labute approximate surface area is 83.2 Å². The van der Waals surface area contributed by atoms with Crippen LogP contribution in [-0.4, -0.2) is 26.2 Å². The number of nitrogens with zero attached hydrogens (tertiary/aromatic N) is 3. The van der Waals surface area contributed by atoms with Crippen LogP contribution >= 0.6 is 0 Å². The summed E-state index contributed by atoms with van der Waals surface area (Å²) in [5, 5.41) is 12.1. The maximum atomic E-state index is 8.83. The number of diazo groups is 1. The maximum absolute atomic E-state index is 8.83. The second-order valence-corrected chi connectivity index (χ2v) is 3.33. The standard InChI is InChI=1S/C10H13N4/c11-13-9-3-1-2-4-10(9)14-7-5-12-6-8-14/h1-4,12H,5-8H2/q+1. The van der Waals surface area contributed by atoms with Gasteiger partial charge in [-0.25, -0.2) is 0 Å². The van der Waals surface area contributed by atoms with Gasteiger partial charge >= 0.3 is 5.69 Å². The fourth-order valence-electron chi connectivity index (χ4n) is 1.72. The number of anilines is 1. The van der Waals surface area contributed by atoms with Gasteiger partial charge in [-0.3, -0.25) is 0 Å². The van der Waals surface area contributed by atoms with Crippen LogP contribution < -0.4 is 10.2 Å². The van der Waals surface area contributed by atoms with Gasteiger partial charge in [-0.15, -0.1) is 0 Å². The van der Waals surface area contributed by atoms with Gasteiger partial charge < -0.3 is 10.2 Å². The van der Waals surface area contributed by atoms with E-state index in [1.54, 1.807) is 0 Å². The van der Waals surface area contributed by atoms with Gasteiger partial charge in [-0.05, 0) is 6.07 Å². The summed E-state index contributed by atoms with van der Waals surface area (Å²) in [6.07, 6.45) is 0. The molecule has 0 unspecified atom stereocenters. The van der Waals surface area contributed by atoms with E-state index < -0.39 is 0 Å². The summed E-state index contributed by atoms with van der Waals surface area (Å²) in [5.41, 5.74) is 1.66. The molecule has 0 aromatic heterocycles. The van der Waals surface area contributed by atoms with E-state index >= 15 is 0 Å². The summed E-state index contributed by atoms with van der Waals surface area (Å²) < 4.78 is 0. The predicted octanol–water partition coefficient (Wildman–Crippen LogP) is 1.58. The third-order valence-corrected chi connectivity index (χ3v) is 2.45. The van der Waals surface area contributed by atoms with Gasteiger partial charge in [0.1, 0.15) is 5.69 Å². The molecule has 2 rings (SSSR count). The number of hydrogen-bond acceptors (Lipinski definition) is 3. The topological polar surface area (TPSA) is 43.4 Å². The second kappa shape index (κ2) is 4.07. The molecule has 14 heavy (non-hydrogen) atoms. The minimum Gasteiger partial charge on any atom is -0.362 e. The lowest BCUT2D eigenvalue weighted by Gasteiger charge is -2.27. The fourth-order valence-corrected chi connectivity index (χ4v) is 1.72. The number of para-hydroxylation sites is 1. The normalized spacial score (nSPS) is 16.4. The van der Waals surface area contributed by atoms with Crippen molar-refractivity contribution in [3.05, 3.63) is 29.2 Å². The molecule has 1 heterocycles. The molecule has 1 fully saturated rings. The lowest BCUT2D eigenvalue weighted by Crippen LogP contribution is -2.43. The van der Waals surface area contributed by atoms with Crippen LogP contribution in [0.15, 0.2) is 24.3 Å². The molecule has 1 aromatic rings. The van der Waals surface area contributed by atoms with Gasteiger partial charge in [0.2, 0.25) is 5.39 Å². The molecule has 1 aliphatic heterocycles. The Morgan fingerprint density at radius 1 is 1.21 bits per heavy atom. The molecular weight excluding hydrogens is 176 g/mol. The molecule has 1 saturated heterocycles. The molecule has 4 nitrogen and oxygen atoms in total. The molecule has 0 saturated carbocycles. The van der Waals surface area contributed by atoms with Gasteiger partial charge in [0.25, 0.3) is 0 Å². The SMILES string of the molecule is N#[N+]c1ccccc1N1CCNCC1. The lowest BCUT2D eigenvalue weighted by molar-refractivity contribution is 0.590. The Morgan fingerprint density at radius 2 is 1.93 bits per heavy atom. The molecule has 72 valence electrons. The summed E-state index contributed by atoms with van der Waals surface area (Å²) in [5.74, 6) is 0. The number of hydrogen-bond donors (Lipinski definition) is 1. The molecule has 0 atom stereocenters. The number of piperazine rings is 1. The number of rotatable bonds is 1. The Morgan fingerprint density at radius 3 is 2.64 bits per heavy atom. The molecule has 0 bridgehead atoms. The van der Waals surface area contributed by atoms with Gasteiger partial charge in [0, 0.05) is 32.2 Å². The van der Waals surface area contributed by atoms with Crippen LogP contribution in [0, 0.1) is 5.39 Å². The largest absolute Gasteiger partial charge is 0.408 e. The van der Waals surface area contributed by atoms with Crippen LogP contribution in [-0.2, 0) is 0 Å². The van der Waals surface area contributed by atoms with Crippen molar-refractivity contribution < 1.29 is 0 Å². The number of benzene rings is 1. The highest BCUT2D eigenvalue weighted by Gasteiger charge is 2.19. The van der Waals surface area contributed by atoms with Crippen molar-refractivity contribution in [2.24, 2.45) is 0 Å². The highest BCUT2D eigenvalue weighted by molar-refractivity contribution is 5.70. The van der Waals surface area contributed by atoms with E-state index in [1.165, 1.54) is 0 Å². The summed E-state index contributed by atoms with van der Waals surface area (Å²) in [6, 6.07) is 7.64. The second-order valence-electron chi connectivity index (χ2n) is 3.33. The summed E-state index contributed by atoms with van der Waals surface area (Å²) in [6.45, 7) is 3.90. The Balaban J connectivity index is 2.26. The molecule has 0 amide bonds. The van der Waals surface area contributed by atoms with Gasteiger partial charge in [-0.2, -0.15) is 0 Å². The summed E-state index contributed by atoms with van der Waals surface area (Å²) in [7, 11) is 0. The van der Waals surface area contributed by atoms with Crippen LogP contribution in [0.4, 0.5) is 11.4 Å². The molecule has 1 aromatic carbocycles. The molecule has 0 radical (unpaired) electrons. The van der Waals surface area contributed by atoms with Crippen LogP contribution in [0.5, 0.6) is 0 Å². The average molecular weight is 189 g/mol. The smallest absolute Gasteiger partial charge is 0.362 e. The van der Waals surface area contributed by atoms with Crippen molar-refractivity contribution in [2.75, 3.05) is 31.1 Å². The highest BCUT2D eigenvalue weighted by atomic mass is 15.2. The molecule has 1 N–H and O–H groups in total. The Kier molecular flexibility index (Phi) is 2.61. The van der Waals surface area contributed by atoms with Crippen molar-refractivity contribution in [1.82, 2.24) is 5.32 Å². The third kappa shape index (κ3) is 1.68. The Bertz CT molecular complexity index is 349. The molecule has 0 spiro atoms. The number of nitrogens with one attached hydrogen (secondary N) is 1. The van der Waals surface area contributed by atoms with E-state index in [0.29, 0.717) is 5.69 Å². The summed E-state index contributed by atoms with van der Waals surface area (Å²) in [4.78, 5) is 5.51. The van der Waals surface area contributed by atoms with Crippen molar-refractivity contribution in [1.29, 1.82) is 5.39 Å². The van der Waals surface area contributed by atoms with Gasteiger partial charge in [0.15, 0.2) is 4.98 Å². The van der Waals surface area contributed by atoms with Gasteiger partial charge in [-0.1, -0.05) is 12.1 Å². The van der Waals surface area contributed by atoms with Crippen molar-refractivity contribution in [2.45, 2.75) is 0 Å². The first-order valence-electron chi connectivity index (χ1n) is 4.81. The first-order chi connectivity index (χ1) is 6.92. The first kappa shape index (κ1) is 8.97. The molecule has 4 heteroatoms. The van der Waals surface area contributed by atoms with Crippen LogP contribution in [0.3, 0.4) is 0 Å². The van der Waals surface area contributed by atoms with E-state index in [0.717, 1.165) is 31.9 Å². The fraction of sp³-hybridized carbons (Fsp3) is 0.400. The van der Waals surface area contributed by atoms with Gasteiger partial charge in [0.05, 0.1) is 0 Å². The van der Waals surface area contributed by atoms with E-state index in [2.05, 4.69) is 15.2 Å². The van der Waals surface area contributed by atoms with Crippen molar-refractivity contribution in [3.63, 3.8) is 0 Å². The van der Waals surface area contributed by atoms with Crippen molar-refractivity contribution >= 4 is 11.4 Å². The predicted molar refractivity (Wildman–Crippen MR) is 56.3 cm³/mol. The highest BCUT2D eigenvalue weighted by Crippen LogP contribution is 2.28. The molecule has 1 aliphatic rings. The molecule has 0 aliphatic carbocycles. The third-order valence-electron chi connectivity index (χ3n) is 2.45. The zero-order valence-corrected chi connectivity index (χ0v) is 7.98. The first-order valence-corrected chi connectivity index (χ1v) is 4.81. The zero-order valence-electron chi connectivity index (χ0n) is 7.98. The zero-order chi connectivity index (χ0) is 9.80. The van der Waals surface area contributed by atoms with Crippen molar-refractivity contribution in [3.8, 4) is 0 Å². The lowest BCUT2D eigenvalue weighted by atomic mass is 10.2. The van der Waals surface area contributed by atoms with Crippen LogP contribution in [0.2, 0.25) is 0 Å². The Hall–Kier alpha value is -1.60. The molecular formula is C10H13N4+. The van der Waals surface area contributed by atoms with Crippen LogP contribution in [0.1, 0.15) is 0 Å². The maximum Gasteiger partial charge on any atom is 0.408 e. The summed E-state index contributed by atoms with van der Waals surface area (Å²) >= 11 is 0. The van der Waals surface area contributed by atoms with Crippen LogP contribution in [0.25, 0.3) is 4.98 Å². The minimum atomic E-state index is 0.648. The quantitative estimate of drug-likeness (QED) is 0.682. The monoisotopic (exact) mass is 189 g/mol. The van der Waals surface area contributed by atoms with E-state index in [9.17, 15) is 0 Å². The van der Waals surface area contributed by atoms with E-state index in [1.807, 2.05) is 24.3 Å². The van der Waals surface area contributed by atoms with E-state index in [-0.39, 0.29) is 0 Å². The van der Waals surface area contributed by atoms with E-state index in [4.69, 9.17) is 5.39 Å².